The van der Waals surface area contributed by atoms with E-state index in [-0.39, 0.29) is 25.3 Å². The number of benzene rings is 1. The van der Waals surface area contributed by atoms with E-state index < -0.39 is 17.8 Å². The van der Waals surface area contributed by atoms with Crippen LogP contribution in [0, 0.1) is 0 Å². The highest BCUT2D eigenvalue weighted by Crippen LogP contribution is 2.29. The quantitative estimate of drug-likeness (QED) is 0.867. The van der Waals surface area contributed by atoms with Crippen LogP contribution >= 0.6 is 0 Å². The minimum atomic E-state index is -4.34. The summed E-state index contributed by atoms with van der Waals surface area (Å²) in [4.78, 5) is 13.2. The molecule has 2 rings (SSSR count). The third-order valence-corrected chi connectivity index (χ3v) is 3.45. The Bertz CT molecular complexity index is 526. The van der Waals surface area contributed by atoms with Crippen molar-refractivity contribution in [2.45, 2.75) is 31.9 Å². The van der Waals surface area contributed by atoms with Gasteiger partial charge >= 0.3 is 12.2 Å². The largest absolute Gasteiger partial charge is 0.416 e. The standard InChI is InChI=1S/C15H19F3N2O3/c1-10(21)6-19-14(22)20-7-13(8-20)23-9-11-2-4-12(5-3-11)15(16,17)18/h2-5,10,13,21H,6-9H2,1H3,(H,19,22). The summed E-state index contributed by atoms with van der Waals surface area (Å²) in [5.74, 6) is 0. The highest BCUT2D eigenvalue weighted by atomic mass is 19.4. The lowest BCUT2D eigenvalue weighted by Crippen LogP contribution is -2.58. The summed E-state index contributed by atoms with van der Waals surface area (Å²) in [7, 11) is 0. The number of aliphatic hydroxyl groups is 1. The van der Waals surface area contributed by atoms with Gasteiger partial charge < -0.3 is 20.1 Å². The minimum absolute atomic E-state index is 0.130. The Hall–Kier alpha value is -1.80. The molecule has 128 valence electrons. The number of halogens is 3. The van der Waals surface area contributed by atoms with Gasteiger partial charge in [-0.3, -0.25) is 0 Å². The minimum Gasteiger partial charge on any atom is -0.392 e. The Balaban J connectivity index is 1.69. The van der Waals surface area contributed by atoms with Crippen molar-refractivity contribution in [1.29, 1.82) is 0 Å². The maximum atomic E-state index is 12.4. The molecule has 2 N–H and O–H groups in total. The first-order chi connectivity index (χ1) is 10.8. The molecule has 5 nitrogen and oxygen atoms in total. The highest BCUT2D eigenvalue weighted by molar-refractivity contribution is 5.75. The Morgan fingerprint density at radius 2 is 2.00 bits per heavy atom. The van der Waals surface area contributed by atoms with Gasteiger partial charge in [-0.1, -0.05) is 12.1 Å². The molecule has 1 fully saturated rings. The van der Waals surface area contributed by atoms with Gasteiger partial charge in [-0.2, -0.15) is 13.2 Å². The molecule has 1 atom stereocenters. The van der Waals surface area contributed by atoms with E-state index in [2.05, 4.69) is 5.32 Å². The SMILES string of the molecule is CC(O)CNC(=O)N1CC(OCc2ccc(C(F)(F)F)cc2)C1. The van der Waals surface area contributed by atoms with E-state index in [4.69, 9.17) is 9.84 Å². The van der Waals surface area contributed by atoms with Crippen LogP contribution in [0.25, 0.3) is 0 Å². The van der Waals surface area contributed by atoms with Gasteiger partial charge in [0.15, 0.2) is 0 Å². The zero-order chi connectivity index (χ0) is 17.0. The fourth-order valence-electron chi connectivity index (χ4n) is 2.06. The Morgan fingerprint density at radius 1 is 1.39 bits per heavy atom. The van der Waals surface area contributed by atoms with Gasteiger partial charge in [0.2, 0.25) is 0 Å². The number of hydrogen-bond acceptors (Lipinski definition) is 3. The van der Waals surface area contributed by atoms with Crippen LogP contribution in [-0.4, -0.2) is 47.9 Å². The van der Waals surface area contributed by atoms with Crippen LogP contribution in [0.3, 0.4) is 0 Å². The first-order valence-electron chi connectivity index (χ1n) is 7.24. The van der Waals surface area contributed by atoms with E-state index in [0.29, 0.717) is 18.7 Å². The molecule has 0 saturated carbocycles. The van der Waals surface area contributed by atoms with Crippen molar-refractivity contribution in [3.8, 4) is 0 Å². The molecule has 1 aromatic rings. The van der Waals surface area contributed by atoms with Gasteiger partial charge in [0.25, 0.3) is 0 Å². The van der Waals surface area contributed by atoms with Gasteiger partial charge in [0.1, 0.15) is 0 Å². The van der Waals surface area contributed by atoms with Crippen LogP contribution in [0.2, 0.25) is 0 Å². The van der Waals surface area contributed by atoms with Crippen molar-refractivity contribution in [1.82, 2.24) is 10.2 Å². The maximum Gasteiger partial charge on any atom is 0.416 e. The summed E-state index contributed by atoms with van der Waals surface area (Å²) < 4.78 is 42.9. The second-order valence-electron chi connectivity index (χ2n) is 5.57. The van der Waals surface area contributed by atoms with Crippen molar-refractivity contribution in [2.24, 2.45) is 0 Å². The fraction of sp³-hybridized carbons (Fsp3) is 0.533. The van der Waals surface area contributed by atoms with E-state index in [1.54, 1.807) is 11.8 Å². The second kappa shape index (κ2) is 7.18. The maximum absolute atomic E-state index is 12.4. The van der Waals surface area contributed by atoms with Gasteiger partial charge in [0.05, 0.1) is 37.5 Å². The number of nitrogens with one attached hydrogen (secondary N) is 1. The van der Waals surface area contributed by atoms with Crippen LogP contribution in [0.5, 0.6) is 0 Å². The molecule has 1 aliphatic heterocycles. The molecule has 0 bridgehead atoms. The van der Waals surface area contributed by atoms with Crippen LogP contribution in [0.15, 0.2) is 24.3 Å². The Kier molecular flexibility index (Phi) is 5.48. The summed E-state index contributed by atoms with van der Waals surface area (Å²) in [5.41, 5.74) is -0.0409. The third kappa shape index (κ3) is 5.11. The van der Waals surface area contributed by atoms with E-state index >= 15 is 0 Å². The number of ether oxygens (including phenoxy) is 1. The lowest BCUT2D eigenvalue weighted by Gasteiger charge is -2.38. The van der Waals surface area contributed by atoms with E-state index in [9.17, 15) is 18.0 Å². The van der Waals surface area contributed by atoms with Gasteiger partial charge in [0, 0.05) is 6.54 Å². The van der Waals surface area contributed by atoms with E-state index in [1.807, 2.05) is 0 Å². The Labute approximate surface area is 132 Å². The molecule has 0 spiro atoms. The molecule has 0 aromatic heterocycles. The van der Waals surface area contributed by atoms with Crippen LogP contribution in [0.4, 0.5) is 18.0 Å². The average Bonchev–Trinajstić information content (AvgIpc) is 2.43. The van der Waals surface area contributed by atoms with Crippen molar-refractivity contribution >= 4 is 6.03 Å². The number of alkyl halides is 3. The number of likely N-dealkylation sites (tertiary alicyclic amines) is 1. The van der Waals surface area contributed by atoms with Gasteiger partial charge in [-0.25, -0.2) is 4.79 Å². The summed E-state index contributed by atoms with van der Waals surface area (Å²) in [6.45, 7) is 2.81. The van der Waals surface area contributed by atoms with Crippen LogP contribution < -0.4 is 5.32 Å². The average molecular weight is 332 g/mol. The molecule has 0 radical (unpaired) electrons. The molecule has 23 heavy (non-hydrogen) atoms. The molecular weight excluding hydrogens is 313 g/mol. The third-order valence-electron chi connectivity index (χ3n) is 3.45. The number of rotatable bonds is 5. The van der Waals surface area contributed by atoms with Gasteiger partial charge in [-0.05, 0) is 24.6 Å². The molecule has 1 unspecified atom stereocenters. The summed E-state index contributed by atoms with van der Waals surface area (Å²) in [5, 5.41) is 11.7. The molecule has 1 aliphatic rings. The van der Waals surface area contributed by atoms with Crippen molar-refractivity contribution in [3.63, 3.8) is 0 Å². The summed E-state index contributed by atoms with van der Waals surface area (Å²) in [6, 6.07) is 4.55. The van der Waals surface area contributed by atoms with Crippen LogP contribution in [-0.2, 0) is 17.5 Å². The lowest BCUT2D eigenvalue weighted by atomic mass is 10.1. The number of aliphatic hydroxyl groups excluding tert-OH is 1. The number of urea groups is 1. The zero-order valence-electron chi connectivity index (χ0n) is 12.6. The van der Waals surface area contributed by atoms with Crippen LogP contribution in [0.1, 0.15) is 18.1 Å². The molecule has 0 aliphatic carbocycles. The normalized spacial score (nSPS) is 16.8. The van der Waals surface area contributed by atoms with Gasteiger partial charge in [-0.15, -0.1) is 0 Å². The zero-order valence-corrected chi connectivity index (χ0v) is 12.6. The van der Waals surface area contributed by atoms with E-state index in [1.165, 1.54) is 12.1 Å². The monoisotopic (exact) mass is 332 g/mol. The second-order valence-corrected chi connectivity index (χ2v) is 5.57. The molecule has 1 saturated heterocycles. The summed E-state index contributed by atoms with van der Waals surface area (Å²) in [6.07, 6.45) is -5.07. The molecule has 1 heterocycles. The Morgan fingerprint density at radius 3 is 2.52 bits per heavy atom. The van der Waals surface area contributed by atoms with Crippen molar-refractivity contribution < 1.29 is 27.8 Å². The predicted octanol–water partition coefficient (Wildman–Crippen LogP) is 2.00. The molecule has 2 amide bonds. The molecular formula is C15H19F3N2O3. The van der Waals surface area contributed by atoms with Crippen molar-refractivity contribution in [3.05, 3.63) is 35.4 Å². The number of amides is 2. The number of nitrogens with zero attached hydrogens (tertiary/aromatic N) is 1. The number of carbonyl (C=O) groups is 1. The summed E-state index contributed by atoms with van der Waals surface area (Å²) >= 11 is 0. The van der Waals surface area contributed by atoms with E-state index in [0.717, 1.165) is 12.1 Å². The van der Waals surface area contributed by atoms with Crippen molar-refractivity contribution in [2.75, 3.05) is 19.6 Å². The lowest BCUT2D eigenvalue weighted by molar-refractivity contribution is -0.137. The smallest absolute Gasteiger partial charge is 0.392 e. The first-order valence-corrected chi connectivity index (χ1v) is 7.24. The number of hydrogen-bond donors (Lipinski definition) is 2. The molecule has 8 heteroatoms. The topological polar surface area (TPSA) is 61.8 Å². The fourth-order valence-corrected chi connectivity index (χ4v) is 2.06. The predicted molar refractivity (Wildman–Crippen MR) is 76.7 cm³/mol. The molecule has 1 aromatic carbocycles. The first kappa shape index (κ1) is 17.6. The highest BCUT2D eigenvalue weighted by Gasteiger charge is 2.32. The number of carbonyl (C=O) groups excluding carboxylic acids is 1.